The summed E-state index contributed by atoms with van der Waals surface area (Å²) in [6.45, 7) is 19.2. The van der Waals surface area contributed by atoms with Crippen LogP contribution in [0, 0.1) is 0 Å². The van der Waals surface area contributed by atoms with Gasteiger partial charge in [0, 0.05) is 148 Å². The normalized spacial score (nSPS) is 26.1. The van der Waals surface area contributed by atoms with Gasteiger partial charge in [-0.1, -0.05) is 113 Å². The lowest BCUT2D eigenvalue weighted by Gasteiger charge is -2.46. The number of benzene rings is 3. The second kappa shape index (κ2) is 25.4. The number of aromatic nitrogens is 2. The van der Waals surface area contributed by atoms with E-state index in [0.717, 1.165) is 45.0 Å². The van der Waals surface area contributed by atoms with E-state index in [9.17, 15) is 28.8 Å². The number of nitrogens with two attached hydrogens (primary N) is 2. The monoisotopic (exact) mass is 1170 g/mol. The van der Waals surface area contributed by atoms with Crippen molar-refractivity contribution in [1.29, 1.82) is 0 Å². The zero-order valence-corrected chi connectivity index (χ0v) is 50.7. The van der Waals surface area contributed by atoms with Gasteiger partial charge < -0.3 is 51.3 Å². The Morgan fingerprint density at radius 3 is 1.30 bits per heavy atom. The highest BCUT2D eigenvalue weighted by molar-refractivity contribution is 5.98. The topological polar surface area (TPSA) is 248 Å². The highest BCUT2D eigenvalue weighted by atomic mass is 16.5. The Kier molecular flexibility index (Phi) is 18.0. The van der Waals surface area contributed by atoms with E-state index in [1.54, 1.807) is 0 Å². The number of fused-ring (bicyclic) bond motifs is 2. The molecule has 0 saturated carbocycles. The van der Waals surface area contributed by atoms with Crippen molar-refractivity contribution in [2.24, 2.45) is 11.5 Å². The number of H-pyrrole nitrogens is 2. The van der Waals surface area contributed by atoms with Crippen molar-refractivity contribution in [2.45, 2.75) is 127 Å². The zero-order valence-electron chi connectivity index (χ0n) is 50.7. The number of primary amides is 2. The van der Waals surface area contributed by atoms with Crippen molar-refractivity contribution in [3.05, 3.63) is 163 Å². The van der Waals surface area contributed by atoms with Gasteiger partial charge in [0.25, 0.3) is 11.1 Å². The molecule has 3 aromatic carbocycles. The molecule has 0 aliphatic carbocycles. The van der Waals surface area contributed by atoms with Crippen molar-refractivity contribution >= 4 is 35.0 Å². The van der Waals surface area contributed by atoms with Crippen LogP contribution in [-0.4, -0.2) is 193 Å². The van der Waals surface area contributed by atoms with Crippen molar-refractivity contribution in [3.8, 4) is 0 Å². The lowest BCUT2D eigenvalue weighted by atomic mass is 9.91. The Hall–Kier alpha value is -6.88. The van der Waals surface area contributed by atoms with Crippen LogP contribution in [0.15, 0.2) is 107 Å². The number of ether oxygens (including phenoxy) is 2. The number of hydrogen-bond donors (Lipinski definition) is 6. The Labute approximate surface area is 503 Å². The Morgan fingerprint density at radius 1 is 0.547 bits per heavy atom. The van der Waals surface area contributed by atoms with Gasteiger partial charge in [-0.3, -0.25) is 48.4 Å². The number of piperazine rings is 2. The molecule has 8 heterocycles. The van der Waals surface area contributed by atoms with Gasteiger partial charge in [-0.05, 0) is 61.1 Å². The van der Waals surface area contributed by atoms with E-state index >= 15 is 0 Å². The lowest BCUT2D eigenvalue weighted by Crippen LogP contribution is -2.64. The van der Waals surface area contributed by atoms with Crippen LogP contribution >= 0.6 is 0 Å². The summed E-state index contributed by atoms with van der Waals surface area (Å²) in [6, 6.07) is 31.1. The molecule has 4 amide bonds. The van der Waals surface area contributed by atoms with Crippen LogP contribution in [0.1, 0.15) is 86.3 Å². The average Bonchev–Trinajstić information content (AvgIpc) is 1.76. The molecule has 20 nitrogen and oxygen atoms in total. The van der Waals surface area contributed by atoms with Crippen molar-refractivity contribution in [1.82, 2.24) is 40.2 Å². The van der Waals surface area contributed by atoms with Gasteiger partial charge in [0.2, 0.25) is 23.6 Å². The average molecular weight is 1180 g/mol. The minimum atomic E-state index is -0.859. The van der Waals surface area contributed by atoms with Crippen LogP contribution in [0.25, 0.3) is 0 Å². The third-order valence-electron chi connectivity index (χ3n) is 18.8. The van der Waals surface area contributed by atoms with Gasteiger partial charge in [0.05, 0.1) is 37.7 Å². The smallest absolute Gasteiger partial charge is 0.251 e. The summed E-state index contributed by atoms with van der Waals surface area (Å²) in [6.07, 6.45) is 0.144. The molecule has 4 unspecified atom stereocenters. The van der Waals surface area contributed by atoms with Crippen LogP contribution < -0.4 is 43.0 Å². The third kappa shape index (κ3) is 13.3. The first-order chi connectivity index (χ1) is 41.2. The number of anilines is 2. The second-order valence-corrected chi connectivity index (χ2v) is 26.3. The van der Waals surface area contributed by atoms with Gasteiger partial charge >= 0.3 is 0 Å². The summed E-state index contributed by atoms with van der Waals surface area (Å²) in [5, 5.41) is 7.29. The van der Waals surface area contributed by atoms with E-state index in [-0.39, 0.29) is 72.3 Å². The number of nitrogens with one attached hydrogen (secondary N) is 4. The summed E-state index contributed by atoms with van der Waals surface area (Å²) in [7, 11) is 0. The molecule has 2 aromatic heterocycles. The number of carbonyl (C=O) groups is 4. The van der Waals surface area contributed by atoms with Gasteiger partial charge in [0.1, 0.15) is 0 Å². The van der Waals surface area contributed by atoms with Gasteiger partial charge in [-0.2, -0.15) is 0 Å². The first kappa shape index (κ1) is 60.8. The molecule has 8 N–H and O–H groups in total. The number of carbonyl (C=O) groups excluding carboxylic acids is 4. The Morgan fingerprint density at radius 2 is 0.930 bits per heavy atom. The van der Waals surface area contributed by atoms with E-state index in [2.05, 4.69) is 106 Å². The summed E-state index contributed by atoms with van der Waals surface area (Å²) in [5.74, 6) is -1.14. The summed E-state index contributed by atoms with van der Waals surface area (Å²) in [5.41, 5.74) is 19.3. The van der Waals surface area contributed by atoms with E-state index in [1.165, 1.54) is 0 Å². The number of rotatable bonds is 18. The molecule has 86 heavy (non-hydrogen) atoms. The number of hydrogen-bond acceptors (Lipinski definition) is 14. The fourth-order valence-electron chi connectivity index (χ4n) is 14.2. The maximum absolute atomic E-state index is 14.6. The molecular weight excluding hydrogens is 1090 g/mol. The van der Waals surface area contributed by atoms with Crippen molar-refractivity contribution < 1.29 is 28.7 Å². The Bertz CT molecular complexity index is 3170. The van der Waals surface area contributed by atoms with Gasteiger partial charge in [0.15, 0.2) is 12.2 Å². The molecule has 6 aliphatic rings. The zero-order chi connectivity index (χ0) is 60.6. The molecule has 6 aliphatic heterocycles. The second-order valence-electron chi connectivity index (χ2n) is 26.3. The van der Waals surface area contributed by atoms with Crippen molar-refractivity contribution in [2.75, 3.05) is 102 Å². The van der Waals surface area contributed by atoms with Crippen LogP contribution in [0.4, 0.5) is 11.4 Å². The summed E-state index contributed by atoms with van der Waals surface area (Å²) < 4.78 is 12.3. The first-order valence-corrected chi connectivity index (χ1v) is 30.7. The number of aromatic amines is 2. The molecule has 5 aromatic rings. The molecule has 0 radical (unpaired) electrons. The van der Waals surface area contributed by atoms with E-state index < -0.39 is 34.9 Å². The molecule has 4 saturated heterocycles. The molecule has 0 bridgehead atoms. The van der Waals surface area contributed by atoms with E-state index in [0.29, 0.717) is 115 Å². The number of amides is 4. The molecule has 0 spiro atoms. The fourth-order valence-corrected chi connectivity index (χ4v) is 14.2. The third-order valence-corrected chi connectivity index (χ3v) is 18.8. The largest absolute Gasteiger partial charge is 0.367 e. The lowest BCUT2D eigenvalue weighted by molar-refractivity contribution is -0.143. The van der Waals surface area contributed by atoms with Crippen LogP contribution in [-0.2, 0) is 65.2 Å². The highest BCUT2D eigenvalue weighted by Crippen LogP contribution is 2.41. The molecule has 11 rings (SSSR count). The highest BCUT2D eigenvalue weighted by Gasteiger charge is 2.45. The standard InChI is InChI=1S/C66H86N12O8/c1-41-33-75(37-55(79)77-39-65(3,4)59-53(77)29-47(63(83)71-59)25-43-13-9-7-10-14-43)49(31-69-41)35-73-21-23-85-57(61(67)81)51(73)27-45-17-19-46(20-18-45)28-52-58(62(68)82)86-24-22-74(52)36-50-32-70-42(2)34-76(50)38-56(80)78-40-66(5,6)60-54(78)30-48(64(84)72-60)26-44-15-11-8-12-16-44/h7-20,29-30,41-42,49-52,57-58,69-70H,21-28,31-40H2,1-6H3,(H2,67,81)(H2,68,82)(H,71,83)(H,72,84)/t41-,42-,49-,50-,51?,52?,57?,58?/m1/s1. The van der Waals surface area contributed by atoms with Gasteiger partial charge in [-0.25, -0.2) is 0 Å². The maximum Gasteiger partial charge on any atom is 0.251 e. The van der Waals surface area contributed by atoms with E-state index in [1.807, 2.05) is 82.6 Å². The maximum atomic E-state index is 14.6. The molecule has 8 atom stereocenters. The minimum Gasteiger partial charge on any atom is -0.367 e. The SMILES string of the molecule is C[C@@H]1CN(CC(=O)N2CC(C)(C)c3[nH]c(=O)c(Cc4ccccc4)cc32)[C@@H](CN2CCOC(C(N)=O)C2Cc2ccc(CC3C(C(N)=O)OCCN3C[C@H]3CN[C@H](C)CN3CC(=O)N3CC(C)(C)c4[nH]c(=O)c(Cc5ccccc5)cc43)cc2)CN1. The van der Waals surface area contributed by atoms with Crippen LogP contribution in [0.3, 0.4) is 0 Å². The first-order valence-electron chi connectivity index (χ1n) is 30.7. The predicted molar refractivity (Wildman–Crippen MR) is 331 cm³/mol. The fraction of sp³-hybridized carbons (Fsp3) is 0.515. The van der Waals surface area contributed by atoms with Crippen LogP contribution in [0.2, 0.25) is 0 Å². The molecular formula is C66H86N12O8. The number of nitrogens with zero attached hydrogens (tertiary/aromatic N) is 6. The summed E-state index contributed by atoms with van der Waals surface area (Å²) in [4.78, 5) is 102. The van der Waals surface area contributed by atoms with E-state index in [4.69, 9.17) is 20.9 Å². The number of morpholine rings is 2. The van der Waals surface area contributed by atoms with Gasteiger partial charge in [-0.15, -0.1) is 0 Å². The molecule has 458 valence electrons. The minimum absolute atomic E-state index is 0.0370. The number of pyridine rings is 2. The summed E-state index contributed by atoms with van der Waals surface area (Å²) >= 11 is 0. The Balaban J connectivity index is 0.763. The molecule has 20 heteroatoms. The molecule has 4 fully saturated rings. The van der Waals surface area contributed by atoms with Crippen molar-refractivity contribution in [3.63, 3.8) is 0 Å². The quantitative estimate of drug-likeness (QED) is 0.0739. The predicted octanol–water partition coefficient (Wildman–Crippen LogP) is 2.41. The van der Waals surface area contributed by atoms with Crippen LogP contribution in [0.5, 0.6) is 0 Å².